The quantitative estimate of drug-likeness (QED) is 0.875. The van der Waals surface area contributed by atoms with Crippen molar-refractivity contribution in [2.24, 2.45) is 0 Å². The monoisotopic (exact) mass is 320 g/mol. The molecule has 0 aromatic heterocycles. The Hall–Kier alpha value is -1.75. The molecular formula is C18H28N2O3. The molecule has 128 valence electrons. The third-order valence-electron chi connectivity index (χ3n) is 3.71. The van der Waals surface area contributed by atoms with Gasteiger partial charge in [0.25, 0.3) is 0 Å². The lowest BCUT2D eigenvalue weighted by atomic mass is 10.0. The summed E-state index contributed by atoms with van der Waals surface area (Å²) >= 11 is 0. The van der Waals surface area contributed by atoms with Gasteiger partial charge in [-0.2, -0.15) is 0 Å². The van der Waals surface area contributed by atoms with Gasteiger partial charge in [-0.3, -0.25) is 0 Å². The summed E-state index contributed by atoms with van der Waals surface area (Å²) in [6, 6.07) is 6.53. The highest BCUT2D eigenvalue weighted by molar-refractivity contribution is 5.68. The van der Waals surface area contributed by atoms with E-state index >= 15 is 0 Å². The topological polar surface area (TPSA) is 59.6 Å². The summed E-state index contributed by atoms with van der Waals surface area (Å²) in [5.41, 5.74) is 2.03. The molecule has 1 aliphatic heterocycles. The second-order valence-electron chi connectivity index (χ2n) is 7.14. The Kier molecular flexibility index (Phi) is 5.52. The lowest BCUT2D eigenvalue weighted by molar-refractivity contribution is 0.0507. The third-order valence-corrected chi connectivity index (χ3v) is 3.71. The van der Waals surface area contributed by atoms with E-state index in [1.54, 1.807) is 0 Å². The molecule has 5 heteroatoms. The minimum absolute atomic E-state index is 0.00920. The van der Waals surface area contributed by atoms with Gasteiger partial charge in [0.2, 0.25) is 0 Å². The molecule has 1 aliphatic rings. The third kappa shape index (κ3) is 5.43. The van der Waals surface area contributed by atoms with Crippen molar-refractivity contribution in [3.63, 3.8) is 0 Å². The summed E-state index contributed by atoms with van der Waals surface area (Å²) in [6.07, 6.45) is 0.598. The van der Waals surface area contributed by atoms with Crippen LogP contribution in [0.2, 0.25) is 0 Å². The fourth-order valence-corrected chi connectivity index (χ4v) is 2.51. The Balaban J connectivity index is 1.79. The zero-order valence-electron chi connectivity index (χ0n) is 14.7. The van der Waals surface area contributed by atoms with Crippen LogP contribution in [0.25, 0.3) is 0 Å². The molecule has 0 radical (unpaired) electrons. The number of ether oxygens (including phenoxy) is 2. The predicted molar refractivity (Wildman–Crippen MR) is 90.9 cm³/mol. The highest BCUT2D eigenvalue weighted by atomic mass is 16.6. The van der Waals surface area contributed by atoms with Crippen molar-refractivity contribution in [1.29, 1.82) is 0 Å². The minimum atomic E-state index is -0.475. The number of alkyl carbamates (subject to hydrolysis) is 1. The molecular weight excluding hydrogens is 292 g/mol. The minimum Gasteiger partial charge on any atom is -0.493 e. The van der Waals surface area contributed by atoms with E-state index < -0.39 is 5.60 Å². The van der Waals surface area contributed by atoms with Crippen LogP contribution in [0.5, 0.6) is 5.75 Å². The smallest absolute Gasteiger partial charge is 0.407 e. The molecule has 0 saturated heterocycles. The van der Waals surface area contributed by atoms with Crippen molar-refractivity contribution < 1.29 is 14.3 Å². The van der Waals surface area contributed by atoms with Crippen LogP contribution in [0.15, 0.2) is 18.2 Å². The number of fused-ring (bicyclic) bond motifs is 1. The Labute approximate surface area is 138 Å². The molecule has 5 nitrogen and oxygen atoms in total. The average Bonchev–Trinajstić information content (AvgIpc) is 2.89. The van der Waals surface area contributed by atoms with Crippen LogP contribution < -0.4 is 15.4 Å². The standard InChI is InChI=1S/C18H28N2O3/c1-12(20-17(21)23-18(3,4)5)11-19-13(2)14-6-7-16-15(10-14)8-9-22-16/h6-7,10,12-13,19H,8-9,11H2,1-5H3,(H,20,21). The van der Waals surface area contributed by atoms with E-state index in [4.69, 9.17) is 9.47 Å². The number of benzene rings is 1. The Morgan fingerprint density at radius 3 is 2.78 bits per heavy atom. The molecule has 2 rings (SSSR count). The average molecular weight is 320 g/mol. The van der Waals surface area contributed by atoms with Crippen LogP contribution in [-0.2, 0) is 11.2 Å². The first-order valence-electron chi connectivity index (χ1n) is 8.23. The number of hydrogen-bond acceptors (Lipinski definition) is 4. The first kappa shape index (κ1) is 17.6. The zero-order valence-corrected chi connectivity index (χ0v) is 14.7. The van der Waals surface area contributed by atoms with Crippen molar-refractivity contribution in [2.45, 2.75) is 58.7 Å². The number of amides is 1. The molecule has 23 heavy (non-hydrogen) atoms. The molecule has 0 aliphatic carbocycles. The van der Waals surface area contributed by atoms with Gasteiger partial charge in [0, 0.05) is 25.0 Å². The lowest BCUT2D eigenvalue weighted by Gasteiger charge is -2.23. The van der Waals surface area contributed by atoms with Crippen LogP contribution in [0.4, 0.5) is 4.79 Å². The van der Waals surface area contributed by atoms with Crippen molar-refractivity contribution in [3.8, 4) is 5.75 Å². The molecule has 0 spiro atoms. The van der Waals surface area contributed by atoms with E-state index in [2.05, 4.69) is 29.7 Å². The highest BCUT2D eigenvalue weighted by Gasteiger charge is 2.18. The number of nitrogens with one attached hydrogen (secondary N) is 2. The van der Waals surface area contributed by atoms with E-state index in [-0.39, 0.29) is 18.2 Å². The van der Waals surface area contributed by atoms with Crippen molar-refractivity contribution in [3.05, 3.63) is 29.3 Å². The molecule has 1 aromatic rings. The summed E-state index contributed by atoms with van der Waals surface area (Å²) in [4.78, 5) is 11.7. The normalized spacial score (nSPS) is 16.2. The van der Waals surface area contributed by atoms with Gasteiger partial charge >= 0.3 is 6.09 Å². The van der Waals surface area contributed by atoms with E-state index in [0.717, 1.165) is 18.8 Å². The van der Waals surface area contributed by atoms with Crippen molar-refractivity contribution in [2.75, 3.05) is 13.2 Å². The Morgan fingerprint density at radius 1 is 1.35 bits per heavy atom. The number of hydrogen-bond donors (Lipinski definition) is 2. The van der Waals surface area contributed by atoms with E-state index in [9.17, 15) is 4.79 Å². The number of carbonyl (C=O) groups excluding carboxylic acids is 1. The Bertz CT molecular complexity index is 552. The van der Waals surface area contributed by atoms with Crippen molar-refractivity contribution in [1.82, 2.24) is 10.6 Å². The lowest BCUT2D eigenvalue weighted by Crippen LogP contribution is -2.43. The van der Waals surface area contributed by atoms with Gasteiger partial charge in [0.1, 0.15) is 11.4 Å². The molecule has 0 fully saturated rings. The molecule has 2 unspecified atom stereocenters. The van der Waals surface area contributed by atoms with E-state index in [1.807, 2.05) is 33.8 Å². The molecule has 2 N–H and O–H groups in total. The second kappa shape index (κ2) is 7.21. The summed E-state index contributed by atoms with van der Waals surface area (Å²) in [6.45, 7) is 11.1. The van der Waals surface area contributed by atoms with Gasteiger partial charge in [-0.1, -0.05) is 12.1 Å². The van der Waals surface area contributed by atoms with Crippen LogP contribution in [0.1, 0.15) is 51.8 Å². The maximum Gasteiger partial charge on any atom is 0.407 e. The van der Waals surface area contributed by atoms with Gasteiger partial charge in [0.05, 0.1) is 6.61 Å². The fraction of sp³-hybridized carbons (Fsp3) is 0.611. The molecule has 0 saturated carbocycles. The van der Waals surface area contributed by atoms with Crippen molar-refractivity contribution >= 4 is 6.09 Å². The maximum atomic E-state index is 11.7. The molecule has 0 bridgehead atoms. The van der Waals surface area contributed by atoms with Crippen LogP contribution in [0, 0.1) is 0 Å². The van der Waals surface area contributed by atoms with Crippen LogP contribution >= 0.6 is 0 Å². The molecule has 1 heterocycles. The summed E-state index contributed by atoms with van der Waals surface area (Å²) in [5, 5.41) is 6.29. The van der Waals surface area contributed by atoms with Gasteiger partial charge in [-0.25, -0.2) is 4.79 Å². The largest absolute Gasteiger partial charge is 0.493 e. The second-order valence-corrected chi connectivity index (χ2v) is 7.14. The first-order valence-corrected chi connectivity index (χ1v) is 8.23. The fourth-order valence-electron chi connectivity index (χ4n) is 2.51. The molecule has 2 atom stereocenters. The first-order chi connectivity index (χ1) is 10.7. The molecule has 1 amide bonds. The summed E-state index contributed by atoms with van der Waals surface area (Å²) in [5.74, 6) is 1.00. The predicted octanol–water partition coefficient (Wildman–Crippen LogP) is 3.19. The van der Waals surface area contributed by atoms with E-state index in [1.165, 1.54) is 11.1 Å². The SMILES string of the molecule is CC(CNC(C)c1ccc2c(c1)CCO2)NC(=O)OC(C)(C)C. The van der Waals surface area contributed by atoms with Crippen LogP contribution in [0.3, 0.4) is 0 Å². The summed E-state index contributed by atoms with van der Waals surface area (Å²) in [7, 11) is 0. The zero-order chi connectivity index (χ0) is 17.0. The Morgan fingerprint density at radius 2 is 2.09 bits per heavy atom. The van der Waals surface area contributed by atoms with Gasteiger partial charge in [-0.15, -0.1) is 0 Å². The van der Waals surface area contributed by atoms with Gasteiger partial charge in [0.15, 0.2) is 0 Å². The van der Waals surface area contributed by atoms with Gasteiger partial charge < -0.3 is 20.1 Å². The van der Waals surface area contributed by atoms with E-state index in [0.29, 0.717) is 6.54 Å². The number of carbonyl (C=O) groups is 1. The number of rotatable bonds is 5. The molecule has 1 aromatic carbocycles. The maximum absolute atomic E-state index is 11.7. The summed E-state index contributed by atoms with van der Waals surface area (Å²) < 4.78 is 10.8. The van der Waals surface area contributed by atoms with Gasteiger partial charge in [-0.05, 0) is 51.8 Å². The van der Waals surface area contributed by atoms with Crippen LogP contribution in [-0.4, -0.2) is 30.9 Å². The highest BCUT2D eigenvalue weighted by Crippen LogP contribution is 2.28.